The van der Waals surface area contributed by atoms with Gasteiger partial charge in [-0.05, 0) is 19.1 Å². The molecule has 0 bridgehead atoms. The van der Waals surface area contributed by atoms with Crippen molar-refractivity contribution in [3.05, 3.63) is 42.1 Å². The van der Waals surface area contributed by atoms with Crippen LogP contribution in [0.5, 0.6) is 0 Å². The second-order valence-electron chi connectivity index (χ2n) is 4.50. The largest absolute Gasteiger partial charge is 0.354 e. The van der Waals surface area contributed by atoms with Crippen LogP contribution in [-0.4, -0.2) is 31.5 Å². The summed E-state index contributed by atoms with van der Waals surface area (Å²) in [6.45, 7) is 2.72. The van der Waals surface area contributed by atoms with Crippen LogP contribution >= 0.6 is 0 Å². The van der Waals surface area contributed by atoms with Gasteiger partial charge in [0.2, 0.25) is 0 Å². The van der Waals surface area contributed by atoms with Gasteiger partial charge in [0.05, 0.1) is 17.3 Å². The summed E-state index contributed by atoms with van der Waals surface area (Å²) >= 11 is 0. The molecule has 0 aliphatic carbocycles. The third kappa shape index (κ3) is 3.50. The molecular formula is C15H20N2O2. The molecule has 1 N–H and O–H groups in total. The van der Waals surface area contributed by atoms with Crippen molar-refractivity contribution in [2.75, 3.05) is 14.2 Å². The van der Waals surface area contributed by atoms with Gasteiger partial charge in [0, 0.05) is 26.2 Å². The second kappa shape index (κ2) is 6.61. The van der Waals surface area contributed by atoms with E-state index in [0.29, 0.717) is 6.54 Å². The minimum atomic E-state index is -0.250. The van der Waals surface area contributed by atoms with Gasteiger partial charge in [-0.15, -0.1) is 0 Å². The van der Waals surface area contributed by atoms with Crippen LogP contribution in [0, 0.1) is 0 Å². The zero-order valence-electron chi connectivity index (χ0n) is 11.6. The Morgan fingerprint density at radius 3 is 2.58 bits per heavy atom. The van der Waals surface area contributed by atoms with Crippen molar-refractivity contribution in [1.82, 2.24) is 10.3 Å². The molecule has 0 radical (unpaired) electrons. The van der Waals surface area contributed by atoms with Crippen molar-refractivity contribution in [3.63, 3.8) is 0 Å². The molecule has 1 unspecified atom stereocenters. The predicted octanol–water partition coefficient (Wildman–Crippen LogP) is 2.33. The Bertz CT molecular complexity index is 526. The molecule has 0 aliphatic rings. The van der Waals surface area contributed by atoms with Crippen molar-refractivity contribution in [3.8, 4) is 0 Å². The number of ether oxygens (including phenoxy) is 2. The van der Waals surface area contributed by atoms with Crippen LogP contribution in [-0.2, 0) is 16.0 Å². The SMILES string of the molecule is COC(OC)C(C)NCc1ccc2ccccc2n1. The highest BCUT2D eigenvalue weighted by Gasteiger charge is 2.14. The van der Waals surface area contributed by atoms with Crippen LogP contribution in [0.1, 0.15) is 12.6 Å². The molecule has 0 amide bonds. The molecule has 1 atom stereocenters. The number of para-hydroxylation sites is 1. The Labute approximate surface area is 113 Å². The number of rotatable bonds is 6. The third-order valence-corrected chi connectivity index (χ3v) is 3.13. The fraction of sp³-hybridized carbons (Fsp3) is 0.400. The summed E-state index contributed by atoms with van der Waals surface area (Å²) in [6, 6.07) is 12.3. The smallest absolute Gasteiger partial charge is 0.171 e. The molecule has 2 rings (SSSR count). The van der Waals surface area contributed by atoms with E-state index >= 15 is 0 Å². The lowest BCUT2D eigenvalue weighted by molar-refractivity contribution is -0.119. The maximum Gasteiger partial charge on any atom is 0.171 e. The van der Waals surface area contributed by atoms with Gasteiger partial charge in [-0.3, -0.25) is 4.98 Å². The van der Waals surface area contributed by atoms with Crippen LogP contribution in [0.4, 0.5) is 0 Å². The van der Waals surface area contributed by atoms with Gasteiger partial charge in [0.1, 0.15) is 0 Å². The Balaban J connectivity index is 2.01. The first-order valence-electron chi connectivity index (χ1n) is 6.38. The molecule has 0 saturated heterocycles. The monoisotopic (exact) mass is 260 g/mol. The lowest BCUT2D eigenvalue weighted by Crippen LogP contribution is -2.39. The maximum atomic E-state index is 5.21. The van der Waals surface area contributed by atoms with E-state index in [2.05, 4.69) is 22.4 Å². The van der Waals surface area contributed by atoms with Gasteiger partial charge in [-0.25, -0.2) is 0 Å². The van der Waals surface area contributed by atoms with Crippen molar-refractivity contribution in [2.24, 2.45) is 0 Å². The first-order valence-corrected chi connectivity index (χ1v) is 6.38. The average molecular weight is 260 g/mol. The van der Waals surface area contributed by atoms with Gasteiger partial charge in [-0.2, -0.15) is 0 Å². The number of pyridine rings is 1. The van der Waals surface area contributed by atoms with Gasteiger partial charge < -0.3 is 14.8 Å². The van der Waals surface area contributed by atoms with Crippen molar-refractivity contribution in [2.45, 2.75) is 25.8 Å². The first-order chi connectivity index (χ1) is 9.24. The van der Waals surface area contributed by atoms with Gasteiger partial charge >= 0.3 is 0 Å². The highest BCUT2D eigenvalue weighted by atomic mass is 16.7. The minimum absolute atomic E-state index is 0.100. The Morgan fingerprint density at radius 1 is 1.11 bits per heavy atom. The molecule has 4 nitrogen and oxygen atoms in total. The normalized spacial score (nSPS) is 13.1. The average Bonchev–Trinajstić information content (AvgIpc) is 2.46. The first kappa shape index (κ1) is 13.9. The predicted molar refractivity (Wildman–Crippen MR) is 75.9 cm³/mol. The van der Waals surface area contributed by atoms with Crippen LogP contribution < -0.4 is 5.32 Å². The number of aromatic nitrogens is 1. The van der Waals surface area contributed by atoms with Crippen LogP contribution in [0.3, 0.4) is 0 Å². The number of fused-ring (bicyclic) bond motifs is 1. The molecular weight excluding hydrogens is 240 g/mol. The minimum Gasteiger partial charge on any atom is -0.354 e. The zero-order chi connectivity index (χ0) is 13.7. The molecule has 1 heterocycles. The molecule has 2 aromatic rings. The number of methoxy groups -OCH3 is 2. The number of hydrogen-bond acceptors (Lipinski definition) is 4. The second-order valence-corrected chi connectivity index (χ2v) is 4.50. The van der Waals surface area contributed by atoms with E-state index < -0.39 is 0 Å². The van der Waals surface area contributed by atoms with Crippen molar-refractivity contribution >= 4 is 10.9 Å². The molecule has 102 valence electrons. The van der Waals surface area contributed by atoms with Gasteiger partial charge in [0.25, 0.3) is 0 Å². The molecule has 0 spiro atoms. The fourth-order valence-electron chi connectivity index (χ4n) is 2.07. The molecule has 4 heteroatoms. The zero-order valence-corrected chi connectivity index (χ0v) is 11.6. The van der Waals surface area contributed by atoms with E-state index in [0.717, 1.165) is 16.6 Å². The summed E-state index contributed by atoms with van der Waals surface area (Å²) in [6.07, 6.45) is -0.250. The van der Waals surface area contributed by atoms with Crippen LogP contribution in [0.15, 0.2) is 36.4 Å². The summed E-state index contributed by atoms with van der Waals surface area (Å²) in [5.74, 6) is 0. The standard InChI is InChI=1S/C15H20N2O2/c1-11(15(18-2)19-3)16-10-13-9-8-12-6-4-5-7-14(12)17-13/h4-9,11,15-16H,10H2,1-3H3. The topological polar surface area (TPSA) is 43.4 Å². The number of nitrogens with zero attached hydrogens (tertiary/aromatic N) is 1. The van der Waals surface area contributed by atoms with Crippen molar-refractivity contribution in [1.29, 1.82) is 0 Å². The number of hydrogen-bond donors (Lipinski definition) is 1. The summed E-state index contributed by atoms with van der Waals surface area (Å²) < 4.78 is 10.4. The molecule has 19 heavy (non-hydrogen) atoms. The molecule has 0 aliphatic heterocycles. The van der Waals surface area contributed by atoms with Crippen LogP contribution in [0.2, 0.25) is 0 Å². The summed E-state index contributed by atoms with van der Waals surface area (Å²) in [5.41, 5.74) is 2.03. The number of benzene rings is 1. The van der Waals surface area contributed by atoms with E-state index in [1.54, 1.807) is 14.2 Å². The highest BCUT2D eigenvalue weighted by Crippen LogP contribution is 2.12. The van der Waals surface area contributed by atoms with Gasteiger partial charge in [0.15, 0.2) is 6.29 Å². The van der Waals surface area contributed by atoms with Gasteiger partial charge in [-0.1, -0.05) is 24.3 Å². The molecule has 1 aromatic carbocycles. The molecule has 1 aromatic heterocycles. The molecule has 0 saturated carbocycles. The lowest BCUT2D eigenvalue weighted by atomic mass is 10.2. The van der Waals surface area contributed by atoms with E-state index in [1.807, 2.05) is 31.2 Å². The summed E-state index contributed by atoms with van der Waals surface area (Å²) in [7, 11) is 3.28. The highest BCUT2D eigenvalue weighted by molar-refractivity contribution is 5.78. The Hall–Kier alpha value is -1.49. The van der Waals surface area contributed by atoms with Crippen LogP contribution in [0.25, 0.3) is 10.9 Å². The Morgan fingerprint density at radius 2 is 1.84 bits per heavy atom. The van der Waals surface area contributed by atoms with E-state index in [9.17, 15) is 0 Å². The summed E-state index contributed by atoms with van der Waals surface area (Å²) in [4.78, 5) is 4.61. The maximum absolute atomic E-state index is 5.21. The summed E-state index contributed by atoms with van der Waals surface area (Å²) in [5, 5.41) is 4.51. The Kier molecular flexibility index (Phi) is 4.85. The quantitative estimate of drug-likeness (QED) is 0.810. The van der Waals surface area contributed by atoms with E-state index in [1.165, 1.54) is 0 Å². The lowest BCUT2D eigenvalue weighted by Gasteiger charge is -2.22. The molecule has 0 fully saturated rings. The van der Waals surface area contributed by atoms with E-state index in [4.69, 9.17) is 9.47 Å². The third-order valence-electron chi connectivity index (χ3n) is 3.13. The number of nitrogens with one attached hydrogen (secondary N) is 1. The van der Waals surface area contributed by atoms with E-state index in [-0.39, 0.29) is 12.3 Å². The fourth-order valence-corrected chi connectivity index (χ4v) is 2.07. The van der Waals surface area contributed by atoms with Crippen molar-refractivity contribution < 1.29 is 9.47 Å².